The summed E-state index contributed by atoms with van der Waals surface area (Å²) in [5.74, 6) is 2.18. The Morgan fingerprint density at radius 1 is 0.688 bits per heavy atom. The molecule has 0 saturated heterocycles. The van der Waals surface area contributed by atoms with E-state index in [1.165, 1.54) is 21.5 Å². The summed E-state index contributed by atoms with van der Waals surface area (Å²) in [6, 6.07) is 36.2. The van der Waals surface area contributed by atoms with Gasteiger partial charge in [-0.15, -0.1) is 0 Å². The molecule has 0 atom stereocenters. The first kappa shape index (κ1) is 22.3. The Labute approximate surface area is 192 Å². The number of methoxy groups -OCH3 is 1. The van der Waals surface area contributed by atoms with E-state index in [1.807, 2.05) is 6.07 Å². The highest BCUT2D eigenvalue weighted by Crippen LogP contribution is 2.40. The van der Waals surface area contributed by atoms with Crippen molar-refractivity contribution in [1.29, 1.82) is 0 Å². The molecule has 0 fully saturated rings. The zero-order valence-corrected chi connectivity index (χ0v) is 19.8. The first-order valence-corrected chi connectivity index (χ1v) is 12.3. The molecule has 32 heavy (non-hydrogen) atoms. The summed E-state index contributed by atoms with van der Waals surface area (Å²) in [4.78, 5) is 0. The highest BCUT2D eigenvalue weighted by molar-refractivity contribution is 7.80. The minimum absolute atomic E-state index is 0.369. The molecule has 0 unspecified atom stereocenters. The molecule has 0 aliphatic carbocycles. The molecule has 4 rings (SSSR count). The van der Waals surface area contributed by atoms with Gasteiger partial charge in [0, 0.05) is 18.0 Å². The Balaban J connectivity index is 1.91. The van der Waals surface area contributed by atoms with Crippen LogP contribution < -0.4 is 20.7 Å². The zero-order chi connectivity index (χ0) is 22.3. The van der Waals surface area contributed by atoms with Crippen molar-refractivity contribution in [1.82, 2.24) is 0 Å². The average molecular weight is 441 g/mol. The van der Waals surface area contributed by atoms with Crippen molar-refractivity contribution >= 4 is 23.8 Å². The van der Waals surface area contributed by atoms with E-state index in [-0.39, 0.29) is 0 Å². The van der Waals surface area contributed by atoms with Gasteiger partial charge in [0.2, 0.25) is 0 Å². The number of hydrogen-bond donors (Lipinski definition) is 0. The van der Waals surface area contributed by atoms with Crippen molar-refractivity contribution in [2.24, 2.45) is 0 Å². The Morgan fingerprint density at radius 3 is 1.88 bits per heavy atom. The molecule has 2 nitrogen and oxygen atoms in total. The molecular weight excluding hydrogens is 411 g/mol. The Morgan fingerprint density at radius 2 is 1.28 bits per heavy atom. The fraction of sp³-hybridized carbons (Fsp3) is 0.172. The highest BCUT2D eigenvalue weighted by Gasteiger charge is 2.23. The van der Waals surface area contributed by atoms with Gasteiger partial charge in [-0.1, -0.05) is 111 Å². The lowest BCUT2D eigenvalue weighted by Crippen LogP contribution is -2.22. The van der Waals surface area contributed by atoms with E-state index in [9.17, 15) is 0 Å². The van der Waals surface area contributed by atoms with Crippen LogP contribution >= 0.6 is 7.92 Å². The fourth-order valence-corrected chi connectivity index (χ4v) is 6.30. The molecule has 0 aliphatic heterocycles. The lowest BCUT2D eigenvalue weighted by Gasteiger charge is -2.25. The van der Waals surface area contributed by atoms with Crippen molar-refractivity contribution in [3.8, 4) is 11.5 Å². The molecule has 0 amide bonds. The van der Waals surface area contributed by atoms with E-state index in [1.54, 1.807) is 7.11 Å². The maximum atomic E-state index is 6.75. The van der Waals surface area contributed by atoms with Gasteiger partial charge in [0.25, 0.3) is 0 Å². The number of ether oxygens (including phenoxy) is 2. The van der Waals surface area contributed by atoms with Crippen LogP contribution in [-0.2, 0) is 11.3 Å². The number of benzene rings is 4. The monoisotopic (exact) mass is 440 g/mol. The van der Waals surface area contributed by atoms with Crippen LogP contribution in [0.5, 0.6) is 11.5 Å². The minimum atomic E-state index is -0.795. The summed E-state index contributed by atoms with van der Waals surface area (Å²) in [5.41, 5.74) is 2.26. The predicted molar refractivity (Wildman–Crippen MR) is 136 cm³/mol. The molecule has 0 saturated carbocycles. The van der Waals surface area contributed by atoms with Gasteiger partial charge < -0.3 is 9.47 Å². The lowest BCUT2D eigenvalue weighted by atomic mass is 10.0. The molecule has 0 radical (unpaired) electrons. The van der Waals surface area contributed by atoms with Crippen molar-refractivity contribution in [2.75, 3.05) is 7.11 Å². The summed E-state index contributed by atoms with van der Waals surface area (Å²) < 4.78 is 12.3. The SMILES string of the molecule is COCc1cccc(P(c2ccccc2)c2ccccc2)c1Oc1ccccc1C(C)C. The normalized spacial score (nSPS) is 11.2. The van der Waals surface area contributed by atoms with Crippen LogP contribution in [0.4, 0.5) is 0 Å². The van der Waals surface area contributed by atoms with Crippen LogP contribution in [-0.4, -0.2) is 7.11 Å². The summed E-state index contributed by atoms with van der Waals surface area (Å²) in [6.07, 6.45) is 0. The Hall–Kier alpha value is -2.93. The summed E-state index contributed by atoms with van der Waals surface area (Å²) >= 11 is 0. The number of para-hydroxylation sites is 2. The first-order chi connectivity index (χ1) is 15.7. The van der Waals surface area contributed by atoms with Gasteiger partial charge in [-0.3, -0.25) is 0 Å². The highest BCUT2D eigenvalue weighted by atomic mass is 31.1. The van der Waals surface area contributed by atoms with E-state index in [2.05, 4.69) is 111 Å². The van der Waals surface area contributed by atoms with Crippen molar-refractivity contribution in [3.63, 3.8) is 0 Å². The maximum absolute atomic E-state index is 6.75. The second-order valence-electron chi connectivity index (χ2n) is 8.00. The molecule has 0 aromatic heterocycles. The van der Waals surface area contributed by atoms with Gasteiger partial charge in [-0.05, 0) is 36.1 Å². The van der Waals surface area contributed by atoms with E-state index in [0.717, 1.165) is 17.1 Å². The van der Waals surface area contributed by atoms with Crippen LogP contribution in [0.1, 0.15) is 30.9 Å². The molecule has 0 heterocycles. The van der Waals surface area contributed by atoms with Crippen LogP contribution in [0, 0.1) is 0 Å². The van der Waals surface area contributed by atoms with Gasteiger partial charge in [0.05, 0.1) is 6.61 Å². The average Bonchev–Trinajstić information content (AvgIpc) is 2.83. The Kier molecular flexibility index (Phi) is 7.37. The second kappa shape index (κ2) is 10.6. The molecule has 162 valence electrons. The third-order valence-electron chi connectivity index (χ3n) is 5.40. The topological polar surface area (TPSA) is 18.5 Å². The maximum Gasteiger partial charge on any atom is 0.141 e. The molecule has 0 bridgehead atoms. The van der Waals surface area contributed by atoms with Crippen LogP contribution in [0.2, 0.25) is 0 Å². The van der Waals surface area contributed by atoms with Crippen molar-refractivity contribution in [2.45, 2.75) is 26.4 Å². The second-order valence-corrected chi connectivity index (χ2v) is 10.2. The predicted octanol–water partition coefficient (Wildman–Crippen LogP) is 6.51. The smallest absolute Gasteiger partial charge is 0.141 e. The summed E-state index contributed by atoms with van der Waals surface area (Å²) in [5, 5.41) is 3.79. The standard InChI is InChI=1S/C29H29O2P/c1-22(2)26-18-10-11-19-27(26)31-29-23(21-30-3)13-12-20-28(29)32(24-14-6-4-7-15-24)25-16-8-5-9-17-25/h4-20,22H,21H2,1-3H3. The van der Waals surface area contributed by atoms with E-state index < -0.39 is 7.92 Å². The number of rotatable bonds is 8. The van der Waals surface area contributed by atoms with Crippen molar-refractivity contribution < 1.29 is 9.47 Å². The molecule has 0 N–H and O–H groups in total. The van der Waals surface area contributed by atoms with E-state index in [4.69, 9.17) is 9.47 Å². The molecule has 3 heteroatoms. The van der Waals surface area contributed by atoms with Gasteiger partial charge in [0.1, 0.15) is 11.5 Å². The third kappa shape index (κ3) is 4.93. The summed E-state index contributed by atoms with van der Waals surface area (Å²) in [7, 11) is 0.936. The largest absolute Gasteiger partial charge is 0.456 e. The van der Waals surface area contributed by atoms with Crippen LogP contribution in [0.15, 0.2) is 103 Å². The van der Waals surface area contributed by atoms with Crippen molar-refractivity contribution in [3.05, 3.63) is 114 Å². The Bertz CT molecular complexity index is 1100. The van der Waals surface area contributed by atoms with E-state index >= 15 is 0 Å². The van der Waals surface area contributed by atoms with Crippen LogP contribution in [0.3, 0.4) is 0 Å². The van der Waals surface area contributed by atoms with Crippen LogP contribution in [0.25, 0.3) is 0 Å². The van der Waals surface area contributed by atoms with Gasteiger partial charge in [0.15, 0.2) is 0 Å². The first-order valence-electron chi connectivity index (χ1n) is 11.0. The molecule has 0 aliphatic rings. The molecular formula is C29H29O2P. The van der Waals surface area contributed by atoms with Gasteiger partial charge >= 0.3 is 0 Å². The number of hydrogen-bond acceptors (Lipinski definition) is 2. The van der Waals surface area contributed by atoms with Gasteiger partial charge in [-0.2, -0.15) is 0 Å². The van der Waals surface area contributed by atoms with Gasteiger partial charge in [-0.25, -0.2) is 0 Å². The zero-order valence-electron chi connectivity index (χ0n) is 18.9. The van der Waals surface area contributed by atoms with E-state index in [0.29, 0.717) is 12.5 Å². The molecule has 0 spiro atoms. The fourth-order valence-electron chi connectivity index (χ4n) is 3.88. The lowest BCUT2D eigenvalue weighted by molar-refractivity contribution is 0.182. The minimum Gasteiger partial charge on any atom is -0.456 e. The third-order valence-corrected chi connectivity index (χ3v) is 7.86. The molecule has 4 aromatic carbocycles. The summed E-state index contributed by atoms with van der Waals surface area (Å²) in [6.45, 7) is 4.90. The molecule has 4 aromatic rings. The quantitative estimate of drug-likeness (QED) is 0.291.